The molecule has 1 atom stereocenters. The van der Waals surface area contributed by atoms with E-state index in [2.05, 4.69) is 79.2 Å². The SMILES string of the molecule is CC(=O)CC1(C)C(C=Cc2ccccc2)=[N+](C)c2ccc3ccccc3c21. The molecule has 2 heteroatoms. The third-order valence-electron chi connectivity index (χ3n) is 5.58. The number of allylic oxidation sites excluding steroid dienone is 1. The van der Waals surface area contributed by atoms with Crippen molar-refractivity contribution in [2.75, 3.05) is 7.05 Å². The van der Waals surface area contributed by atoms with Crippen molar-refractivity contribution < 1.29 is 9.37 Å². The molecule has 1 aliphatic rings. The van der Waals surface area contributed by atoms with E-state index in [1.54, 1.807) is 6.92 Å². The van der Waals surface area contributed by atoms with Gasteiger partial charge in [-0.25, -0.2) is 0 Å². The van der Waals surface area contributed by atoms with E-state index in [0.29, 0.717) is 6.42 Å². The van der Waals surface area contributed by atoms with E-state index >= 15 is 0 Å². The highest BCUT2D eigenvalue weighted by Gasteiger charge is 2.48. The lowest BCUT2D eigenvalue weighted by atomic mass is 9.73. The molecule has 0 saturated heterocycles. The fourth-order valence-corrected chi connectivity index (χ4v) is 4.46. The van der Waals surface area contributed by atoms with E-state index in [4.69, 9.17) is 0 Å². The summed E-state index contributed by atoms with van der Waals surface area (Å²) in [6, 6.07) is 23.1. The molecular weight excluding hydrogens is 330 g/mol. The van der Waals surface area contributed by atoms with E-state index < -0.39 is 0 Å². The largest absolute Gasteiger partial charge is 0.300 e. The van der Waals surface area contributed by atoms with Crippen LogP contribution in [0.15, 0.2) is 72.8 Å². The molecule has 1 heterocycles. The summed E-state index contributed by atoms with van der Waals surface area (Å²) in [7, 11) is 2.10. The molecule has 0 amide bonds. The maximum Gasteiger partial charge on any atom is 0.210 e. The number of benzene rings is 3. The fraction of sp³-hybridized carbons (Fsp3) is 0.200. The number of hydrogen-bond acceptors (Lipinski definition) is 1. The highest BCUT2D eigenvalue weighted by Crippen LogP contribution is 2.46. The Morgan fingerprint density at radius 1 is 0.963 bits per heavy atom. The summed E-state index contributed by atoms with van der Waals surface area (Å²) in [6.45, 7) is 3.89. The Morgan fingerprint density at radius 2 is 1.67 bits per heavy atom. The Hall–Kier alpha value is -3.00. The summed E-state index contributed by atoms with van der Waals surface area (Å²) in [5, 5.41) is 2.45. The number of carbonyl (C=O) groups is 1. The van der Waals surface area contributed by atoms with E-state index in [-0.39, 0.29) is 11.2 Å². The van der Waals surface area contributed by atoms with Gasteiger partial charge in [0.05, 0.1) is 5.41 Å². The average Bonchev–Trinajstić information content (AvgIpc) is 2.87. The first kappa shape index (κ1) is 17.4. The van der Waals surface area contributed by atoms with Crippen LogP contribution in [0, 0.1) is 0 Å². The predicted molar refractivity (Wildman–Crippen MR) is 113 cm³/mol. The van der Waals surface area contributed by atoms with Gasteiger partial charge in [-0.15, -0.1) is 0 Å². The Kier molecular flexibility index (Phi) is 4.27. The van der Waals surface area contributed by atoms with Crippen LogP contribution in [0.1, 0.15) is 31.4 Å². The first-order chi connectivity index (χ1) is 13.0. The van der Waals surface area contributed by atoms with Crippen LogP contribution < -0.4 is 0 Å². The van der Waals surface area contributed by atoms with Gasteiger partial charge < -0.3 is 0 Å². The monoisotopic (exact) mass is 354 g/mol. The number of hydrogen-bond donors (Lipinski definition) is 0. The van der Waals surface area contributed by atoms with Crippen LogP contribution >= 0.6 is 0 Å². The smallest absolute Gasteiger partial charge is 0.210 e. The maximum atomic E-state index is 12.2. The van der Waals surface area contributed by atoms with Gasteiger partial charge in [-0.1, -0.05) is 54.6 Å². The number of fused-ring (bicyclic) bond motifs is 3. The van der Waals surface area contributed by atoms with E-state index in [1.807, 2.05) is 18.2 Å². The molecule has 27 heavy (non-hydrogen) atoms. The molecule has 1 aliphatic heterocycles. The van der Waals surface area contributed by atoms with Crippen LogP contribution in [0.3, 0.4) is 0 Å². The number of nitrogens with zero attached hydrogens (tertiary/aromatic N) is 1. The zero-order chi connectivity index (χ0) is 19.0. The highest BCUT2D eigenvalue weighted by molar-refractivity contribution is 6.11. The molecule has 0 fully saturated rings. The molecule has 0 aromatic heterocycles. The van der Waals surface area contributed by atoms with Gasteiger partial charge in [0, 0.05) is 24.1 Å². The van der Waals surface area contributed by atoms with E-state index in [0.717, 1.165) is 11.3 Å². The van der Waals surface area contributed by atoms with Gasteiger partial charge in [0.25, 0.3) is 0 Å². The van der Waals surface area contributed by atoms with Crippen molar-refractivity contribution in [3.8, 4) is 0 Å². The third-order valence-corrected chi connectivity index (χ3v) is 5.58. The second-order valence-corrected chi connectivity index (χ2v) is 7.58. The molecule has 3 aromatic carbocycles. The Labute approximate surface area is 160 Å². The lowest BCUT2D eigenvalue weighted by Crippen LogP contribution is -2.32. The second-order valence-electron chi connectivity index (χ2n) is 7.58. The van der Waals surface area contributed by atoms with Crippen molar-refractivity contribution in [1.82, 2.24) is 0 Å². The predicted octanol–water partition coefficient (Wildman–Crippen LogP) is 5.52. The molecule has 1 unspecified atom stereocenters. The minimum Gasteiger partial charge on any atom is -0.300 e. The van der Waals surface area contributed by atoms with Gasteiger partial charge in [-0.3, -0.25) is 4.79 Å². The molecule has 3 aromatic rings. The molecule has 2 nitrogen and oxygen atoms in total. The summed E-state index contributed by atoms with van der Waals surface area (Å²) in [5.74, 6) is 0.206. The minimum atomic E-state index is -0.345. The van der Waals surface area contributed by atoms with E-state index in [1.165, 1.54) is 22.0 Å². The zero-order valence-electron chi connectivity index (χ0n) is 16.1. The van der Waals surface area contributed by atoms with Gasteiger partial charge in [0.1, 0.15) is 12.8 Å². The normalized spacial score (nSPS) is 19.1. The van der Waals surface area contributed by atoms with Crippen LogP contribution in [0.25, 0.3) is 16.8 Å². The van der Waals surface area contributed by atoms with Crippen LogP contribution in [0.5, 0.6) is 0 Å². The first-order valence-corrected chi connectivity index (χ1v) is 9.37. The molecule has 4 rings (SSSR count). The molecule has 134 valence electrons. The molecule has 0 spiro atoms. The molecule has 0 bridgehead atoms. The van der Waals surface area contributed by atoms with Crippen LogP contribution in [0.2, 0.25) is 0 Å². The van der Waals surface area contributed by atoms with Crippen molar-refractivity contribution in [2.45, 2.75) is 25.7 Å². The Bertz CT molecular complexity index is 1090. The fourth-order valence-electron chi connectivity index (χ4n) is 4.46. The van der Waals surface area contributed by atoms with Gasteiger partial charge in [-0.2, -0.15) is 4.58 Å². The number of rotatable bonds is 4. The van der Waals surface area contributed by atoms with Crippen LogP contribution in [-0.2, 0) is 10.2 Å². The number of Topliss-reactive ketones (excluding diaryl/α,β-unsaturated/α-hetero) is 1. The molecular formula is C25H24NO+. The van der Waals surface area contributed by atoms with Crippen molar-refractivity contribution in [3.63, 3.8) is 0 Å². The lowest BCUT2D eigenvalue weighted by Gasteiger charge is -2.22. The summed E-state index contributed by atoms with van der Waals surface area (Å²) in [6.07, 6.45) is 4.80. The van der Waals surface area contributed by atoms with Crippen molar-refractivity contribution in [3.05, 3.63) is 83.9 Å². The molecule has 0 N–H and O–H groups in total. The second kappa shape index (κ2) is 6.62. The molecule has 0 radical (unpaired) electrons. The minimum absolute atomic E-state index is 0.206. The Morgan fingerprint density at radius 3 is 2.41 bits per heavy atom. The van der Waals surface area contributed by atoms with Crippen molar-refractivity contribution in [1.29, 1.82) is 0 Å². The summed E-state index contributed by atoms with van der Waals surface area (Å²) in [4.78, 5) is 12.2. The standard InChI is InChI=1S/C25H24NO/c1-18(27)17-25(2)23(16-13-19-9-5-4-6-10-19)26(3)22-15-14-20-11-7-8-12-21(20)24(22)25/h4-16H,17H2,1-3H3/q+1. The summed E-state index contributed by atoms with van der Waals surface area (Å²) >= 11 is 0. The van der Waals surface area contributed by atoms with Gasteiger partial charge in [-0.05, 0) is 42.3 Å². The zero-order valence-corrected chi connectivity index (χ0v) is 16.1. The number of ketones is 1. The van der Waals surface area contributed by atoms with Crippen LogP contribution in [0.4, 0.5) is 5.69 Å². The maximum absolute atomic E-state index is 12.2. The quantitative estimate of drug-likeness (QED) is 0.565. The lowest BCUT2D eigenvalue weighted by molar-refractivity contribution is -0.401. The third kappa shape index (κ3) is 2.91. The molecule has 0 saturated carbocycles. The van der Waals surface area contributed by atoms with Gasteiger partial charge in [0.15, 0.2) is 5.71 Å². The molecule has 0 aliphatic carbocycles. The van der Waals surface area contributed by atoms with Gasteiger partial charge >= 0.3 is 0 Å². The van der Waals surface area contributed by atoms with Crippen molar-refractivity contribution in [2.24, 2.45) is 0 Å². The van der Waals surface area contributed by atoms with Crippen LogP contribution in [-0.4, -0.2) is 23.1 Å². The highest BCUT2D eigenvalue weighted by atomic mass is 16.1. The first-order valence-electron chi connectivity index (χ1n) is 9.37. The average molecular weight is 354 g/mol. The summed E-state index contributed by atoms with van der Waals surface area (Å²) in [5.41, 5.74) is 4.41. The van der Waals surface area contributed by atoms with Gasteiger partial charge in [0.2, 0.25) is 5.69 Å². The summed E-state index contributed by atoms with van der Waals surface area (Å²) < 4.78 is 2.24. The Balaban J connectivity index is 1.92. The van der Waals surface area contributed by atoms with E-state index in [9.17, 15) is 4.79 Å². The topological polar surface area (TPSA) is 20.1 Å². The van der Waals surface area contributed by atoms with Crippen molar-refractivity contribution >= 4 is 34.0 Å². The number of carbonyl (C=O) groups excluding carboxylic acids is 1.